The first-order chi connectivity index (χ1) is 8.22. The first kappa shape index (κ1) is 11.5. The Bertz CT molecular complexity index is 334. The molecule has 0 aromatic heterocycles. The van der Waals surface area contributed by atoms with Crippen molar-refractivity contribution in [2.24, 2.45) is 16.7 Å². The second-order valence-electron chi connectivity index (χ2n) is 5.91. The topological polar surface area (TPSA) is 45.5 Å². The summed E-state index contributed by atoms with van der Waals surface area (Å²) in [6.07, 6.45) is 2.40. The molecule has 17 heavy (non-hydrogen) atoms. The van der Waals surface area contributed by atoms with Crippen molar-refractivity contribution in [3.05, 3.63) is 0 Å². The number of hydrogen-bond acceptors (Lipinski definition) is 4. The van der Waals surface area contributed by atoms with Crippen LogP contribution in [0.1, 0.15) is 12.8 Å². The van der Waals surface area contributed by atoms with Gasteiger partial charge in [-0.1, -0.05) is 0 Å². The van der Waals surface area contributed by atoms with Crippen LogP contribution in [0.5, 0.6) is 0 Å². The Morgan fingerprint density at radius 1 is 1.12 bits per heavy atom. The molecular weight excluding hydrogens is 216 g/mol. The maximum absolute atomic E-state index is 9.52. The molecule has 0 saturated carbocycles. The fourth-order valence-electron chi connectivity index (χ4n) is 3.56. The number of nitriles is 1. The van der Waals surface area contributed by atoms with Gasteiger partial charge in [0.05, 0.1) is 32.5 Å². The smallest absolute Gasteiger partial charge is 0.114 e. The van der Waals surface area contributed by atoms with Crippen LogP contribution in [0.4, 0.5) is 0 Å². The van der Waals surface area contributed by atoms with E-state index in [4.69, 9.17) is 9.47 Å². The molecule has 0 bridgehead atoms. The Hall–Kier alpha value is -0.630. The number of nitrogens with zero attached hydrogens (tertiary/aromatic N) is 2. The van der Waals surface area contributed by atoms with Crippen LogP contribution >= 0.6 is 0 Å². The highest BCUT2D eigenvalue weighted by molar-refractivity contribution is 5.18. The number of hydrogen-bond donors (Lipinski definition) is 0. The molecule has 0 aliphatic carbocycles. The van der Waals surface area contributed by atoms with Gasteiger partial charge >= 0.3 is 0 Å². The third-order valence-electron chi connectivity index (χ3n) is 5.08. The lowest BCUT2D eigenvalue weighted by molar-refractivity contribution is -0.269. The summed E-state index contributed by atoms with van der Waals surface area (Å²) in [5.74, 6) is 0.635. The second kappa shape index (κ2) is 3.94. The van der Waals surface area contributed by atoms with Gasteiger partial charge in [-0.05, 0) is 38.9 Å². The molecule has 0 radical (unpaired) electrons. The summed E-state index contributed by atoms with van der Waals surface area (Å²) in [6, 6.07) is 2.55. The van der Waals surface area contributed by atoms with Crippen molar-refractivity contribution in [3.8, 4) is 6.07 Å². The van der Waals surface area contributed by atoms with Gasteiger partial charge in [0.1, 0.15) is 5.41 Å². The monoisotopic (exact) mass is 236 g/mol. The van der Waals surface area contributed by atoms with Gasteiger partial charge < -0.3 is 14.4 Å². The van der Waals surface area contributed by atoms with E-state index in [0.29, 0.717) is 19.1 Å². The zero-order valence-electron chi connectivity index (χ0n) is 10.4. The standard InChI is InChI=1S/C13H20N2O2/c1-15-4-2-11(3-5-15)13(9-17-10-13)12(6-14)7-16-8-12/h11H,2-5,7-10H2,1H3. The summed E-state index contributed by atoms with van der Waals surface area (Å²) < 4.78 is 10.8. The van der Waals surface area contributed by atoms with Gasteiger partial charge in [-0.15, -0.1) is 0 Å². The molecule has 0 spiro atoms. The second-order valence-corrected chi connectivity index (χ2v) is 5.91. The molecule has 3 rings (SSSR count). The van der Waals surface area contributed by atoms with Gasteiger partial charge in [0.15, 0.2) is 0 Å². The summed E-state index contributed by atoms with van der Waals surface area (Å²) in [6.45, 7) is 5.04. The molecule has 0 unspecified atom stereocenters. The number of likely N-dealkylation sites (tertiary alicyclic amines) is 1. The van der Waals surface area contributed by atoms with Gasteiger partial charge in [-0.25, -0.2) is 0 Å². The fraction of sp³-hybridized carbons (Fsp3) is 0.923. The molecule has 0 aromatic carbocycles. The molecule has 0 N–H and O–H groups in total. The van der Waals surface area contributed by atoms with Crippen molar-refractivity contribution in [2.75, 3.05) is 46.6 Å². The predicted molar refractivity (Wildman–Crippen MR) is 62.3 cm³/mol. The highest BCUT2D eigenvalue weighted by Crippen LogP contribution is 2.56. The van der Waals surface area contributed by atoms with Crippen molar-refractivity contribution in [1.29, 1.82) is 5.26 Å². The molecule has 3 heterocycles. The molecule has 94 valence electrons. The van der Waals surface area contributed by atoms with Crippen LogP contribution in [0.2, 0.25) is 0 Å². The van der Waals surface area contributed by atoms with Crippen molar-refractivity contribution in [3.63, 3.8) is 0 Å². The molecule has 0 aromatic rings. The van der Waals surface area contributed by atoms with Crippen LogP contribution in [0.15, 0.2) is 0 Å². The van der Waals surface area contributed by atoms with E-state index >= 15 is 0 Å². The molecule has 0 amide bonds. The SMILES string of the molecule is CN1CCC(C2(C3(C#N)COC3)COC2)CC1. The van der Waals surface area contributed by atoms with Crippen molar-refractivity contribution >= 4 is 0 Å². The zero-order valence-corrected chi connectivity index (χ0v) is 10.4. The van der Waals surface area contributed by atoms with Gasteiger partial charge in [0, 0.05) is 5.41 Å². The van der Waals surface area contributed by atoms with Crippen LogP contribution in [-0.2, 0) is 9.47 Å². The first-order valence-electron chi connectivity index (χ1n) is 6.48. The van der Waals surface area contributed by atoms with E-state index in [9.17, 15) is 5.26 Å². The lowest BCUT2D eigenvalue weighted by Crippen LogP contribution is -2.67. The summed E-state index contributed by atoms with van der Waals surface area (Å²) >= 11 is 0. The van der Waals surface area contributed by atoms with E-state index in [1.165, 1.54) is 12.8 Å². The highest BCUT2D eigenvalue weighted by Gasteiger charge is 2.64. The van der Waals surface area contributed by atoms with Crippen LogP contribution < -0.4 is 0 Å². The molecule has 3 aliphatic heterocycles. The van der Waals surface area contributed by atoms with E-state index in [0.717, 1.165) is 26.3 Å². The van der Waals surface area contributed by atoms with E-state index in [1.807, 2.05) is 0 Å². The summed E-state index contributed by atoms with van der Waals surface area (Å²) in [5, 5.41) is 9.52. The predicted octanol–water partition coefficient (Wildman–Crippen LogP) is 0.885. The zero-order chi connectivity index (χ0) is 11.9. The largest absolute Gasteiger partial charge is 0.380 e. The quantitative estimate of drug-likeness (QED) is 0.714. The minimum atomic E-state index is -0.258. The normalized spacial score (nSPS) is 32.2. The Morgan fingerprint density at radius 2 is 1.71 bits per heavy atom. The summed E-state index contributed by atoms with van der Waals surface area (Å²) in [4.78, 5) is 2.38. The highest BCUT2D eigenvalue weighted by atomic mass is 16.5. The van der Waals surface area contributed by atoms with Crippen LogP contribution in [0.25, 0.3) is 0 Å². The van der Waals surface area contributed by atoms with Crippen molar-refractivity contribution in [2.45, 2.75) is 12.8 Å². The summed E-state index contributed by atoms with van der Waals surface area (Å²) in [7, 11) is 2.17. The molecule has 4 nitrogen and oxygen atoms in total. The lowest BCUT2D eigenvalue weighted by atomic mass is 9.53. The van der Waals surface area contributed by atoms with Gasteiger partial charge in [-0.2, -0.15) is 5.26 Å². The van der Waals surface area contributed by atoms with Crippen molar-refractivity contribution in [1.82, 2.24) is 4.90 Å². The molecule has 3 saturated heterocycles. The van der Waals surface area contributed by atoms with E-state index in [1.54, 1.807) is 0 Å². The molecule has 3 aliphatic rings. The molecular formula is C13H20N2O2. The Morgan fingerprint density at radius 3 is 2.06 bits per heavy atom. The average molecular weight is 236 g/mol. The molecule has 0 atom stereocenters. The van der Waals surface area contributed by atoms with Crippen LogP contribution in [0, 0.1) is 28.1 Å². The maximum atomic E-state index is 9.52. The third-order valence-corrected chi connectivity index (χ3v) is 5.08. The Balaban J connectivity index is 1.80. The first-order valence-corrected chi connectivity index (χ1v) is 6.48. The number of rotatable bonds is 2. The lowest BCUT2D eigenvalue weighted by Gasteiger charge is -2.60. The number of ether oxygens (including phenoxy) is 2. The van der Waals surface area contributed by atoms with E-state index in [-0.39, 0.29) is 10.8 Å². The summed E-state index contributed by atoms with van der Waals surface area (Å²) in [5.41, 5.74) is -0.174. The van der Waals surface area contributed by atoms with Crippen molar-refractivity contribution < 1.29 is 9.47 Å². The number of piperidine rings is 1. The fourth-order valence-corrected chi connectivity index (χ4v) is 3.56. The maximum Gasteiger partial charge on any atom is 0.114 e. The van der Waals surface area contributed by atoms with Crippen LogP contribution in [-0.4, -0.2) is 51.5 Å². The minimum Gasteiger partial charge on any atom is -0.380 e. The van der Waals surface area contributed by atoms with Gasteiger partial charge in [0.25, 0.3) is 0 Å². The van der Waals surface area contributed by atoms with E-state index in [2.05, 4.69) is 18.0 Å². The van der Waals surface area contributed by atoms with Crippen LogP contribution in [0.3, 0.4) is 0 Å². The average Bonchev–Trinajstić information content (AvgIpc) is 2.22. The Labute approximate surface area is 102 Å². The van der Waals surface area contributed by atoms with Gasteiger partial charge in [0.2, 0.25) is 0 Å². The van der Waals surface area contributed by atoms with Gasteiger partial charge in [-0.3, -0.25) is 0 Å². The molecule has 4 heteroatoms. The minimum absolute atomic E-state index is 0.0846. The molecule has 3 fully saturated rings. The Kier molecular flexibility index (Phi) is 2.66. The third kappa shape index (κ3) is 1.46. The van der Waals surface area contributed by atoms with E-state index < -0.39 is 0 Å².